The van der Waals surface area contributed by atoms with Crippen LogP contribution in [-0.4, -0.2) is 26.2 Å². The predicted molar refractivity (Wildman–Crippen MR) is 48.9 cm³/mol. The van der Waals surface area contributed by atoms with Gasteiger partial charge in [-0.15, -0.1) is 0 Å². The Kier molecular flexibility index (Phi) is 4.24. The molecule has 0 aliphatic carbocycles. The van der Waals surface area contributed by atoms with Gasteiger partial charge >= 0.3 is 5.97 Å². The van der Waals surface area contributed by atoms with Gasteiger partial charge in [-0.25, -0.2) is 0 Å². The van der Waals surface area contributed by atoms with E-state index in [9.17, 15) is 4.79 Å². The standard InChI is InChI=1S/C9H19NO2/c1-6-7(10-4)9(2,3)8(11)12-5/h7,10H,6H2,1-5H3. The summed E-state index contributed by atoms with van der Waals surface area (Å²) in [5.41, 5.74) is -0.446. The second-order valence-electron chi connectivity index (χ2n) is 3.46. The lowest BCUT2D eigenvalue weighted by Crippen LogP contribution is -2.45. The highest BCUT2D eigenvalue weighted by Crippen LogP contribution is 2.24. The van der Waals surface area contributed by atoms with E-state index < -0.39 is 5.41 Å². The number of ether oxygens (including phenoxy) is 1. The number of carbonyl (C=O) groups is 1. The molecule has 1 N–H and O–H groups in total. The fourth-order valence-corrected chi connectivity index (χ4v) is 1.48. The molecule has 12 heavy (non-hydrogen) atoms. The van der Waals surface area contributed by atoms with Gasteiger partial charge in [-0.3, -0.25) is 4.79 Å². The van der Waals surface area contributed by atoms with Crippen LogP contribution >= 0.6 is 0 Å². The number of methoxy groups -OCH3 is 1. The summed E-state index contributed by atoms with van der Waals surface area (Å²) in [4.78, 5) is 11.3. The molecule has 0 heterocycles. The molecule has 3 heteroatoms. The summed E-state index contributed by atoms with van der Waals surface area (Å²) in [6.45, 7) is 5.83. The molecule has 0 aromatic carbocycles. The summed E-state index contributed by atoms with van der Waals surface area (Å²) < 4.78 is 4.72. The Morgan fingerprint density at radius 2 is 2.08 bits per heavy atom. The van der Waals surface area contributed by atoms with Crippen molar-refractivity contribution in [2.24, 2.45) is 5.41 Å². The van der Waals surface area contributed by atoms with Crippen molar-refractivity contribution in [3.05, 3.63) is 0 Å². The average Bonchev–Trinajstić information content (AvgIpc) is 2.04. The van der Waals surface area contributed by atoms with E-state index in [0.29, 0.717) is 0 Å². The monoisotopic (exact) mass is 173 g/mol. The summed E-state index contributed by atoms with van der Waals surface area (Å²) in [6, 6.07) is 0.171. The van der Waals surface area contributed by atoms with Crippen LogP contribution in [0.4, 0.5) is 0 Å². The average molecular weight is 173 g/mol. The van der Waals surface area contributed by atoms with Crippen LogP contribution in [0.5, 0.6) is 0 Å². The molecular weight excluding hydrogens is 154 g/mol. The predicted octanol–water partition coefficient (Wildman–Crippen LogP) is 1.18. The lowest BCUT2D eigenvalue weighted by molar-refractivity contribution is -0.152. The highest BCUT2D eigenvalue weighted by molar-refractivity contribution is 5.76. The smallest absolute Gasteiger partial charge is 0.312 e. The normalized spacial score (nSPS) is 14.1. The zero-order valence-corrected chi connectivity index (χ0v) is 8.60. The molecule has 0 bridgehead atoms. The van der Waals surface area contributed by atoms with Gasteiger partial charge in [0.2, 0.25) is 0 Å². The molecule has 0 rings (SSSR count). The van der Waals surface area contributed by atoms with Gasteiger partial charge in [-0.2, -0.15) is 0 Å². The molecule has 0 aliphatic rings. The van der Waals surface area contributed by atoms with Crippen molar-refractivity contribution >= 4 is 5.97 Å². The minimum absolute atomic E-state index is 0.163. The van der Waals surface area contributed by atoms with Crippen molar-refractivity contribution in [2.45, 2.75) is 33.2 Å². The van der Waals surface area contributed by atoms with E-state index in [-0.39, 0.29) is 12.0 Å². The Morgan fingerprint density at radius 3 is 2.33 bits per heavy atom. The van der Waals surface area contributed by atoms with E-state index >= 15 is 0 Å². The largest absolute Gasteiger partial charge is 0.469 e. The van der Waals surface area contributed by atoms with Crippen LogP contribution in [0.25, 0.3) is 0 Å². The minimum Gasteiger partial charge on any atom is -0.469 e. The molecule has 0 fully saturated rings. The number of nitrogens with one attached hydrogen (secondary N) is 1. The molecule has 0 aromatic heterocycles. The van der Waals surface area contributed by atoms with E-state index in [0.717, 1.165) is 6.42 Å². The van der Waals surface area contributed by atoms with E-state index in [4.69, 9.17) is 4.74 Å². The molecule has 3 nitrogen and oxygen atoms in total. The van der Waals surface area contributed by atoms with E-state index in [1.165, 1.54) is 7.11 Å². The number of esters is 1. The maximum Gasteiger partial charge on any atom is 0.312 e. The maximum absolute atomic E-state index is 11.3. The SMILES string of the molecule is CCC(NC)C(C)(C)C(=O)OC. The van der Waals surface area contributed by atoms with Crippen molar-refractivity contribution in [2.75, 3.05) is 14.2 Å². The summed E-state index contributed by atoms with van der Waals surface area (Å²) in [6.07, 6.45) is 0.915. The van der Waals surface area contributed by atoms with Crippen LogP contribution in [0.1, 0.15) is 27.2 Å². The van der Waals surface area contributed by atoms with Gasteiger partial charge in [0, 0.05) is 6.04 Å². The summed E-state index contributed by atoms with van der Waals surface area (Å²) in [5, 5.41) is 3.11. The first kappa shape index (κ1) is 11.4. The maximum atomic E-state index is 11.3. The van der Waals surface area contributed by atoms with Gasteiger partial charge in [-0.1, -0.05) is 6.92 Å². The number of hydrogen-bond donors (Lipinski definition) is 1. The third-order valence-corrected chi connectivity index (χ3v) is 2.34. The zero-order valence-electron chi connectivity index (χ0n) is 8.60. The van der Waals surface area contributed by atoms with E-state index in [1.54, 1.807) is 0 Å². The molecule has 0 amide bonds. The van der Waals surface area contributed by atoms with Crippen molar-refractivity contribution in [1.82, 2.24) is 5.32 Å². The Morgan fingerprint density at radius 1 is 1.58 bits per heavy atom. The van der Waals surface area contributed by atoms with Crippen molar-refractivity contribution in [1.29, 1.82) is 0 Å². The molecule has 0 saturated carbocycles. The van der Waals surface area contributed by atoms with Crippen LogP contribution < -0.4 is 5.32 Å². The fraction of sp³-hybridized carbons (Fsp3) is 0.889. The van der Waals surface area contributed by atoms with Gasteiger partial charge in [0.15, 0.2) is 0 Å². The van der Waals surface area contributed by atoms with Crippen LogP contribution in [-0.2, 0) is 9.53 Å². The lowest BCUT2D eigenvalue weighted by atomic mass is 9.83. The Hall–Kier alpha value is -0.570. The third kappa shape index (κ3) is 2.21. The summed E-state index contributed by atoms with van der Waals surface area (Å²) in [7, 11) is 3.28. The molecule has 0 aliphatic heterocycles. The Balaban J connectivity index is 4.44. The molecule has 1 unspecified atom stereocenters. The third-order valence-electron chi connectivity index (χ3n) is 2.34. The van der Waals surface area contributed by atoms with Crippen molar-refractivity contribution in [3.8, 4) is 0 Å². The van der Waals surface area contributed by atoms with Crippen LogP contribution in [0, 0.1) is 5.41 Å². The summed E-state index contributed by atoms with van der Waals surface area (Å²) in [5.74, 6) is -0.163. The van der Waals surface area contributed by atoms with E-state index in [1.807, 2.05) is 27.8 Å². The van der Waals surface area contributed by atoms with E-state index in [2.05, 4.69) is 5.32 Å². The number of hydrogen-bond acceptors (Lipinski definition) is 3. The van der Waals surface area contributed by atoms with Gasteiger partial charge in [0.05, 0.1) is 12.5 Å². The van der Waals surface area contributed by atoms with Crippen molar-refractivity contribution in [3.63, 3.8) is 0 Å². The van der Waals surface area contributed by atoms with Crippen LogP contribution in [0.15, 0.2) is 0 Å². The second kappa shape index (κ2) is 4.45. The van der Waals surface area contributed by atoms with Crippen LogP contribution in [0.2, 0.25) is 0 Å². The fourth-order valence-electron chi connectivity index (χ4n) is 1.48. The molecule has 0 aromatic rings. The number of carbonyl (C=O) groups excluding carboxylic acids is 1. The molecule has 1 atom stereocenters. The minimum atomic E-state index is -0.446. The summed E-state index contributed by atoms with van der Waals surface area (Å²) >= 11 is 0. The molecule has 72 valence electrons. The molecular formula is C9H19NO2. The molecule has 0 spiro atoms. The quantitative estimate of drug-likeness (QED) is 0.649. The van der Waals surface area contributed by atoms with Gasteiger partial charge < -0.3 is 10.1 Å². The first-order valence-corrected chi connectivity index (χ1v) is 4.26. The van der Waals surface area contributed by atoms with Crippen molar-refractivity contribution < 1.29 is 9.53 Å². The Labute approximate surface area is 74.5 Å². The first-order valence-electron chi connectivity index (χ1n) is 4.26. The number of rotatable bonds is 4. The highest BCUT2D eigenvalue weighted by atomic mass is 16.5. The zero-order chi connectivity index (χ0) is 9.78. The molecule has 0 radical (unpaired) electrons. The lowest BCUT2D eigenvalue weighted by Gasteiger charge is -2.30. The Bertz CT molecular complexity index is 151. The molecule has 0 saturated heterocycles. The van der Waals surface area contributed by atoms with Gasteiger partial charge in [-0.05, 0) is 27.3 Å². The van der Waals surface area contributed by atoms with Gasteiger partial charge in [0.25, 0.3) is 0 Å². The van der Waals surface area contributed by atoms with Gasteiger partial charge in [0.1, 0.15) is 0 Å². The first-order chi connectivity index (χ1) is 5.50. The second-order valence-corrected chi connectivity index (χ2v) is 3.46. The topological polar surface area (TPSA) is 38.3 Å². The van der Waals surface area contributed by atoms with Crippen LogP contribution in [0.3, 0.4) is 0 Å². The highest BCUT2D eigenvalue weighted by Gasteiger charge is 2.35.